The summed E-state index contributed by atoms with van der Waals surface area (Å²) in [6, 6.07) is 6.01. The monoisotopic (exact) mass is 353 g/mol. The predicted octanol–water partition coefficient (Wildman–Crippen LogP) is 1.83. The number of nitrogens with one attached hydrogen (secondary N) is 1. The molecule has 0 saturated carbocycles. The number of likely N-dealkylation sites (tertiary alicyclic amines) is 1. The Morgan fingerprint density at radius 2 is 2.08 bits per heavy atom. The quantitative estimate of drug-likeness (QED) is 0.882. The Kier molecular flexibility index (Phi) is 4.23. The van der Waals surface area contributed by atoms with Gasteiger partial charge in [0.2, 0.25) is 5.91 Å². The molecule has 1 fully saturated rings. The van der Waals surface area contributed by atoms with E-state index in [0.29, 0.717) is 15.7 Å². The van der Waals surface area contributed by atoms with Crippen LogP contribution in [0.2, 0.25) is 0 Å². The van der Waals surface area contributed by atoms with E-state index in [-0.39, 0.29) is 24.4 Å². The van der Waals surface area contributed by atoms with Crippen LogP contribution in [0.15, 0.2) is 30.5 Å². The van der Waals surface area contributed by atoms with Crippen LogP contribution in [0.25, 0.3) is 10.8 Å². The number of amides is 2. The van der Waals surface area contributed by atoms with Gasteiger partial charge in [-0.05, 0) is 0 Å². The third kappa shape index (κ3) is 3.65. The van der Waals surface area contributed by atoms with E-state index in [9.17, 15) is 27.9 Å². The zero-order valence-electron chi connectivity index (χ0n) is 12.9. The average Bonchev–Trinajstić information content (AvgIpc) is 2.85. The lowest BCUT2D eigenvalue weighted by atomic mass is 10.1. The summed E-state index contributed by atoms with van der Waals surface area (Å²) < 4.78 is 37.2. The molecule has 0 spiro atoms. The molecule has 0 bridgehead atoms. The molecule has 1 aliphatic rings. The summed E-state index contributed by atoms with van der Waals surface area (Å²) in [7, 11) is 0. The number of fused-ring (bicyclic) bond motifs is 1. The van der Waals surface area contributed by atoms with Crippen LogP contribution < -0.4 is 5.32 Å². The van der Waals surface area contributed by atoms with Gasteiger partial charge in [0.05, 0.1) is 6.04 Å². The van der Waals surface area contributed by atoms with Gasteiger partial charge in [-0.2, -0.15) is 13.2 Å². The second-order valence-electron chi connectivity index (χ2n) is 5.81. The number of rotatable bonds is 3. The smallest absolute Gasteiger partial charge is 0.406 e. The average molecular weight is 353 g/mol. The highest BCUT2D eigenvalue weighted by atomic mass is 19.4. The number of aromatic nitrogens is 1. The standard InChI is InChI=1S/C16H14F3N3O3/c17-16(18,19)8-22-7-10(5-12(22)23)21-15(25)13-14(24)11-4-2-1-3-9(11)6-20-13/h1-4,6,10,24H,5,7-8H2,(H,21,25)/t10-/m0/s1. The lowest BCUT2D eigenvalue weighted by Gasteiger charge is -2.18. The molecule has 25 heavy (non-hydrogen) atoms. The zero-order chi connectivity index (χ0) is 18.2. The van der Waals surface area contributed by atoms with Crippen molar-refractivity contribution in [3.05, 3.63) is 36.2 Å². The Bertz CT molecular complexity index is 838. The van der Waals surface area contributed by atoms with E-state index in [1.807, 2.05) is 0 Å². The van der Waals surface area contributed by atoms with Crippen LogP contribution >= 0.6 is 0 Å². The van der Waals surface area contributed by atoms with Gasteiger partial charge in [-0.15, -0.1) is 0 Å². The van der Waals surface area contributed by atoms with Crippen molar-refractivity contribution in [2.75, 3.05) is 13.1 Å². The van der Waals surface area contributed by atoms with E-state index >= 15 is 0 Å². The van der Waals surface area contributed by atoms with Gasteiger partial charge in [0, 0.05) is 29.9 Å². The number of pyridine rings is 1. The van der Waals surface area contributed by atoms with Crippen LogP contribution in [0.5, 0.6) is 5.75 Å². The highest BCUT2D eigenvalue weighted by molar-refractivity contribution is 6.01. The molecule has 2 amide bonds. The SMILES string of the molecule is O=C(N[C@H]1CC(=O)N(CC(F)(F)F)C1)c1ncc2ccccc2c1O. The van der Waals surface area contributed by atoms with E-state index in [4.69, 9.17) is 0 Å². The molecular formula is C16H14F3N3O3. The first-order valence-electron chi connectivity index (χ1n) is 7.46. The van der Waals surface area contributed by atoms with E-state index in [2.05, 4.69) is 10.3 Å². The van der Waals surface area contributed by atoms with Crippen LogP contribution in [0.4, 0.5) is 13.2 Å². The first-order chi connectivity index (χ1) is 11.7. The van der Waals surface area contributed by atoms with Crippen molar-refractivity contribution in [1.82, 2.24) is 15.2 Å². The van der Waals surface area contributed by atoms with Crippen LogP contribution in [-0.4, -0.2) is 52.1 Å². The fourth-order valence-electron chi connectivity index (χ4n) is 2.81. The van der Waals surface area contributed by atoms with Crippen molar-refractivity contribution in [3.63, 3.8) is 0 Å². The summed E-state index contributed by atoms with van der Waals surface area (Å²) >= 11 is 0. The Morgan fingerprint density at radius 3 is 2.80 bits per heavy atom. The summed E-state index contributed by atoms with van der Waals surface area (Å²) in [6.45, 7) is -1.59. The van der Waals surface area contributed by atoms with Crippen molar-refractivity contribution in [1.29, 1.82) is 0 Å². The van der Waals surface area contributed by atoms with Gasteiger partial charge in [-0.1, -0.05) is 24.3 Å². The van der Waals surface area contributed by atoms with Crippen molar-refractivity contribution < 1.29 is 27.9 Å². The third-order valence-corrected chi connectivity index (χ3v) is 3.91. The maximum absolute atomic E-state index is 12.4. The van der Waals surface area contributed by atoms with Crippen molar-refractivity contribution in [2.24, 2.45) is 0 Å². The van der Waals surface area contributed by atoms with Gasteiger partial charge in [0.25, 0.3) is 5.91 Å². The van der Waals surface area contributed by atoms with E-state index in [1.165, 1.54) is 6.20 Å². The zero-order valence-corrected chi connectivity index (χ0v) is 12.9. The van der Waals surface area contributed by atoms with Gasteiger partial charge in [-0.25, -0.2) is 4.98 Å². The van der Waals surface area contributed by atoms with E-state index < -0.39 is 30.6 Å². The van der Waals surface area contributed by atoms with Crippen LogP contribution in [0.1, 0.15) is 16.9 Å². The van der Waals surface area contributed by atoms with Crippen molar-refractivity contribution in [2.45, 2.75) is 18.6 Å². The molecular weight excluding hydrogens is 339 g/mol. The fraction of sp³-hybridized carbons (Fsp3) is 0.312. The molecule has 2 N–H and O–H groups in total. The number of alkyl halides is 3. The Labute approximate surface area is 140 Å². The predicted molar refractivity (Wildman–Crippen MR) is 81.9 cm³/mol. The Hall–Kier alpha value is -2.84. The lowest BCUT2D eigenvalue weighted by Crippen LogP contribution is -2.40. The molecule has 1 saturated heterocycles. The number of hydrogen-bond donors (Lipinski definition) is 2. The van der Waals surface area contributed by atoms with Gasteiger partial charge in [0.15, 0.2) is 11.4 Å². The van der Waals surface area contributed by atoms with Crippen LogP contribution in [0.3, 0.4) is 0 Å². The molecule has 3 rings (SSSR count). The van der Waals surface area contributed by atoms with Gasteiger partial charge in [-0.3, -0.25) is 9.59 Å². The Balaban J connectivity index is 1.73. The minimum atomic E-state index is -4.49. The summed E-state index contributed by atoms with van der Waals surface area (Å²) in [5.74, 6) is -1.74. The Morgan fingerprint density at radius 1 is 1.36 bits per heavy atom. The molecule has 2 heterocycles. The number of aromatic hydroxyl groups is 1. The molecule has 9 heteroatoms. The fourth-order valence-corrected chi connectivity index (χ4v) is 2.81. The minimum absolute atomic E-state index is 0.226. The number of hydrogen-bond acceptors (Lipinski definition) is 4. The van der Waals surface area contributed by atoms with Crippen LogP contribution in [-0.2, 0) is 4.79 Å². The summed E-state index contributed by atoms with van der Waals surface area (Å²) in [6.07, 6.45) is -3.30. The minimum Gasteiger partial charge on any atom is -0.505 e. The molecule has 1 aromatic heterocycles. The summed E-state index contributed by atoms with van der Waals surface area (Å²) in [4.78, 5) is 28.5. The van der Waals surface area contributed by atoms with Crippen molar-refractivity contribution in [3.8, 4) is 5.75 Å². The van der Waals surface area contributed by atoms with E-state index in [0.717, 1.165) is 0 Å². The maximum Gasteiger partial charge on any atom is 0.406 e. The molecule has 2 aromatic rings. The summed E-state index contributed by atoms with van der Waals surface area (Å²) in [5, 5.41) is 13.7. The molecule has 1 aromatic carbocycles. The number of benzene rings is 1. The number of nitrogens with zero attached hydrogens (tertiary/aromatic N) is 2. The largest absolute Gasteiger partial charge is 0.505 e. The topological polar surface area (TPSA) is 82.5 Å². The third-order valence-electron chi connectivity index (χ3n) is 3.91. The van der Waals surface area contributed by atoms with Crippen molar-refractivity contribution >= 4 is 22.6 Å². The maximum atomic E-state index is 12.4. The number of halogens is 3. The van der Waals surface area contributed by atoms with Crippen LogP contribution in [0, 0.1) is 0 Å². The highest BCUT2D eigenvalue weighted by Gasteiger charge is 2.39. The second kappa shape index (κ2) is 6.23. The number of carbonyl (C=O) groups excluding carboxylic acids is 2. The van der Waals surface area contributed by atoms with E-state index in [1.54, 1.807) is 24.3 Å². The van der Waals surface area contributed by atoms with Gasteiger partial charge in [0.1, 0.15) is 6.54 Å². The first kappa shape index (κ1) is 17.0. The number of carbonyl (C=O) groups is 2. The second-order valence-corrected chi connectivity index (χ2v) is 5.81. The molecule has 132 valence electrons. The van der Waals surface area contributed by atoms with Gasteiger partial charge < -0.3 is 15.3 Å². The molecule has 1 atom stereocenters. The molecule has 0 radical (unpaired) electrons. The molecule has 0 aliphatic carbocycles. The normalized spacial score (nSPS) is 18.0. The molecule has 6 nitrogen and oxygen atoms in total. The lowest BCUT2D eigenvalue weighted by molar-refractivity contribution is -0.157. The molecule has 1 aliphatic heterocycles. The molecule has 0 unspecified atom stereocenters. The summed E-state index contributed by atoms with van der Waals surface area (Å²) in [5.41, 5.74) is -0.236. The first-order valence-corrected chi connectivity index (χ1v) is 7.46. The highest BCUT2D eigenvalue weighted by Crippen LogP contribution is 2.27. The van der Waals surface area contributed by atoms with Gasteiger partial charge >= 0.3 is 6.18 Å².